The van der Waals surface area contributed by atoms with Crippen LogP contribution in [0.3, 0.4) is 0 Å². The molecule has 0 bridgehead atoms. The van der Waals surface area contributed by atoms with E-state index in [-0.39, 0.29) is 17.0 Å². The normalized spacial score (nSPS) is 9.53. The summed E-state index contributed by atoms with van der Waals surface area (Å²) in [6.07, 6.45) is 0. The van der Waals surface area contributed by atoms with Gasteiger partial charge < -0.3 is 15.2 Å². The highest BCUT2D eigenvalue weighted by molar-refractivity contribution is 5.99. The molecule has 0 radical (unpaired) electrons. The van der Waals surface area contributed by atoms with Crippen molar-refractivity contribution in [1.29, 1.82) is 0 Å². The molecule has 0 saturated heterocycles. The molecule has 1 aromatic rings. The maximum Gasteiger partial charge on any atom is 0.349 e. The number of benzene rings is 1. The Morgan fingerprint density at radius 3 is 2.29 bits per heavy atom. The van der Waals surface area contributed by atoms with E-state index in [0.29, 0.717) is 0 Å². The molecule has 0 fully saturated rings. The molecular formula is C11H11NO5. The number of hydrogen-bond donors (Lipinski definition) is 1. The van der Waals surface area contributed by atoms with Crippen molar-refractivity contribution in [3.8, 4) is 5.75 Å². The van der Waals surface area contributed by atoms with Crippen LogP contribution in [0.4, 0.5) is 5.69 Å². The maximum absolute atomic E-state index is 11.5. The molecule has 0 aliphatic rings. The standard InChI is InChI=1S/C11H11NO5/c1-6(13)16-10-4-3-8(12)5-9(10)11(15)17-7(2)14/h3-5H,12H2,1-2H3. The van der Waals surface area contributed by atoms with Gasteiger partial charge in [-0.05, 0) is 18.2 Å². The predicted octanol–water partition coefficient (Wildman–Crippen LogP) is 0.897. The molecule has 90 valence electrons. The van der Waals surface area contributed by atoms with E-state index in [1.807, 2.05) is 0 Å². The summed E-state index contributed by atoms with van der Waals surface area (Å²) < 4.78 is 9.19. The highest BCUT2D eigenvalue weighted by atomic mass is 16.6. The Balaban J connectivity index is 3.10. The lowest BCUT2D eigenvalue weighted by Crippen LogP contribution is -2.13. The highest BCUT2D eigenvalue weighted by Crippen LogP contribution is 2.22. The van der Waals surface area contributed by atoms with Gasteiger partial charge in [-0.25, -0.2) is 4.79 Å². The summed E-state index contributed by atoms with van der Waals surface area (Å²) in [5.74, 6) is -2.27. The van der Waals surface area contributed by atoms with Gasteiger partial charge in [0.15, 0.2) is 0 Å². The molecule has 2 N–H and O–H groups in total. The maximum atomic E-state index is 11.5. The Hall–Kier alpha value is -2.37. The van der Waals surface area contributed by atoms with Crippen molar-refractivity contribution in [2.75, 3.05) is 5.73 Å². The average Bonchev–Trinajstić information content (AvgIpc) is 2.19. The van der Waals surface area contributed by atoms with Crippen molar-refractivity contribution in [2.45, 2.75) is 13.8 Å². The van der Waals surface area contributed by atoms with Gasteiger partial charge in [-0.2, -0.15) is 0 Å². The van der Waals surface area contributed by atoms with Crippen LogP contribution in [0, 0.1) is 0 Å². The molecule has 0 aromatic heterocycles. The first-order valence-corrected chi connectivity index (χ1v) is 4.71. The van der Waals surface area contributed by atoms with E-state index < -0.39 is 17.9 Å². The second-order valence-electron chi connectivity index (χ2n) is 3.23. The third-order valence-corrected chi connectivity index (χ3v) is 1.71. The number of rotatable bonds is 2. The minimum Gasteiger partial charge on any atom is -0.426 e. The molecule has 0 spiro atoms. The van der Waals surface area contributed by atoms with Gasteiger partial charge in [0, 0.05) is 19.5 Å². The van der Waals surface area contributed by atoms with Crippen molar-refractivity contribution in [1.82, 2.24) is 0 Å². The van der Waals surface area contributed by atoms with Crippen LogP contribution in [0.2, 0.25) is 0 Å². The summed E-state index contributed by atoms with van der Waals surface area (Å²) in [6.45, 7) is 2.28. The van der Waals surface area contributed by atoms with E-state index in [1.165, 1.54) is 25.1 Å². The Labute approximate surface area is 97.3 Å². The summed E-state index contributed by atoms with van der Waals surface area (Å²) >= 11 is 0. The lowest BCUT2D eigenvalue weighted by Gasteiger charge is -2.08. The molecule has 0 aliphatic carbocycles. The van der Waals surface area contributed by atoms with E-state index in [0.717, 1.165) is 6.92 Å². The third kappa shape index (κ3) is 3.60. The van der Waals surface area contributed by atoms with Crippen LogP contribution in [0.5, 0.6) is 5.75 Å². The average molecular weight is 237 g/mol. The topological polar surface area (TPSA) is 95.7 Å². The molecule has 0 heterocycles. The molecule has 1 rings (SSSR count). The van der Waals surface area contributed by atoms with Gasteiger partial charge in [-0.15, -0.1) is 0 Å². The fourth-order valence-electron chi connectivity index (χ4n) is 1.14. The fourth-order valence-corrected chi connectivity index (χ4v) is 1.14. The number of ether oxygens (including phenoxy) is 2. The van der Waals surface area contributed by atoms with Crippen LogP contribution in [0.25, 0.3) is 0 Å². The van der Waals surface area contributed by atoms with Gasteiger partial charge in [0.1, 0.15) is 11.3 Å². The number of carbonyl (C=O) groups is 3. The van der Waals surface area contributed by atoms with E-state index >= 15 is 0 Å². The van der Waals surface area contributed by atoms with Gasteiger partial charge in [-0.1, -0.05) is 0 Å². The van der Waals surface area contributed by atoms with E-state index in [4.69, 9.17) is 10.5 Å². The summed E-state index contributed by atoms with van der Waals surface area (Å²) in [5.41, 5.74) is 5.71. The van der Waals surface area contributed by atoms with Crippen LogP contribution < -0.4 is 10.5 Å². The van der Waals surface area contributed by atoms with E-state index in [1.54, 1.807) is 0 Å². The molecule has 1 aromatic carbocycles. The van der Waals surface area contributed by atoms with Gasteiger partial charge in [0.2, 0.25) is 0 Å². The molecule has 17 heavy (non-hydrogen) atoms. The van der Waals surface area contributed by atoms with Gasteiger partial charge in [0.25, 0.3) is 0 Å². The zero-order chi connectivity index (χ0) is 13.0. The molecule has 6 heteroatoms. The monoisotopic (exact) mass is 237 g/mol. The molecule has 0 amide bonds. The summed E-state index contributed by atoms with van der Waals surface area (Å²) in [5, 5.41) is 0. The fraction of sp³-hybridized carbons (Fsp3) is 0.182. The lowest BCUT2D eigenvalue weighted by atomic mass is 10.2. The van der Waals surface area contributed by atoms with Gasteiger partial charge in [0.05, 0.1) is 0 Å². The first kappa shape index (κ1) is 12.7. The first-order chi connectivity index (χ1) is 7.90. The van der Waals surface area contributed by atoms with Crippen molar-refractivity contribution < 1.29 is 23.9 Å². The van der Waals surface area contributed by atoms with Gasteiger partial charge >= 0.3 is 17.9 Å². The zero-order valence-corrected chi connectivity index (χ0v) is 9.35. The first-order valence-electron chi connectivity index (χ1n) is 4.71. The Morgan fingerprint density at radius 2 is 1.76 bits per heavy atom. The van der Waals surface area contributed by atoms with Crippen LogP contribution in [-0.2, 0) is 14.3 Å². The molecule has 0 atom stereocenters. The van der Waals surface area contributed by atoms with Crippen molar-refractivity contribution in [2.24, 2.45) is 0 Å². The van der Waals surface area contributed by atoms with Crippen LogP contribution in [0.1, 0.15) is 24.2 Å². The van der Waals surface area contributed by atoms with Crippen molar-refractivity contribution >= 4 is 23.6 Å². The zero-order valence-electron chi connectivity index (χ0n) is 9.35. The Bertz CT molecular complexity index is 481. The number of anilines is 1. The number of hydrogen-bond acceptors (Lipinski definition) is 6. The molecule has 6 nitrogen and oxygen atoms in total. The number of esters is 3. The molecular weight excluding hydrogens is 226 g/mol. The summed E-state index contributed by atoms with van der Waals surface area (Å²) in [6, 6.07) is 4.08. The number of nitrogens with two attached hydrogens (primary N) is 1. The summed E-state index contributed by atoms with van der Waals surface area (Å²) in [7, 11) is 0. The number of nitrogen functional groups attached to an aromatic ring is 1. The Morgan fingerprint density at radius 1 is 1.12 bits per heavy atom. The third-order valence-electron chi connectivity index (χ3n) is 1.71. The smallest absolute Gasteiger partial charge is 0.349 e. The van der Waals surface area contributed by atoms with Crippen molar-refractivity contribution in [3.05, 3.63) is 23.8 Å². The van der Waals surface area contributed by atoms with Crippen LogP contribution in [-0.4, -0.2) is 17.9 Å². The molecule has 0 unspecified atom stereocenters. The van der Waals surface area contributed by atoms with Crippen LogP contribution in [0.15, 0.2) is 18.2 Å². The largest absolute Gasteiger partial charge is 0.426 e. The molecule has 0 aliphatic heterocycles. The van der Waals surface area contributed by atoms with E-state index in [9.17, 15) is 14.4 Å². The lowest BCUT2D eigenvalue weighted by molar-refractivity contribution is -0.135. The highest BCUT2D eigenvalue weighted by Gasteiger charge is 2.17. The van der Waals surface area contributed by atoms with Crippen LogP contribution >= 0.6 is 0 Å². The molecule has 0 saturated carbocycles. The quantitative estimate of drug-likeness (QED) is 0.355. The van der Waals surface area contributed by atoms with E-state index in [2.05, 4.69) is 4.74 Å². The van der Waals surface area contributed by atoms with Crippen molar-refractivity contribution in [3.63, 3.8) is 0 Å². The second-order valence-corrected chi connectivity index (χ2v) is 3.23. The SMILES string of the molecule is CC(=O)OC(=O)c1cc(N)ccc1OC(C)=O. The van der Waals surface area contributed by atoms with Gasteiger partial charge in [-0.3, -0.25) is 9.59 Å². The minimum absolute atomic E-state index is 0.00190. The minimum atomic E-state index is -0.916. The summed E-state index contributed by atoms with van der Waals surface area (Å²) in [4.78, 5) is 33.0. The number of carbonyl (C=O) groups excluding carboxylic acids is 3. The Kier molecular flexibility index (Phi) is 3.82. The second kappa shape index (κ2) is 5.11. The predicted molar refractivity (Wildman–Crippen MR) is 58.3 cm³/mol.